The van der Waals surface area contributed by atoms with Crippen LogP contribution in [-0.2, 0) is 4.74 Å². The van der Waals surface area contributed by atoms with Crippen molar-refractivity contribution in [2.45, 2.75) is 32.5 Å². The van der Waals surface area contributed by atoms with Crippen molar-refractivity contribution < 1.29 is 23.0 Å². The summed E-state index contributed by atoms with van der Waals surface area (Å²) in [4.78, 5) is 11.8. The Hall–Kier alpha value is -1.89. The van der Waals surface area contributed by atoms with Crippen LogP contribution in [0, 0.1) is 6.92 Å². The van der Waals surface area contributed by atoms with Gasteiger partial charge in [0, 0.05) is 13.2 Å². The highest BCUT2D eigenvalue weighted by atomic mass is 19.3. The van der Waals surface area contributed by atoms with Gasteiger partial charge in [0.15, 0.2) is 0 Å². The first-order valence-electron chi connectivity index (χ1n) is 6.77. The molecule has 1 saturated heterocycles. The van der Waals surface area contributed by atoms with Gasteiger partial charge >= 0.3 is 12.6 Å². The number of hydrogen-bond donors (Lipinski definition) is 2. The second kappa shape index (κ2) is 7.21. The van der Waals surface area contributed by atoms with E-state index in [-0.39, 0.29) is 17.5 Å². The lowest BCUT2D eigenvalue weighted by atomic mass is 10.2. The molecular weight excluding hydrogens is 282 g/mol. The van der Waals surface area contributed by atoms with Crippen molar-refractivity contribution >= 4 is 11.7 Å². The van der Waals surface area contributed by atoms with Crippen LogP contribution in [0.5, 0.6) is 5.75 Å². The molecule has 7 heteroatoms. The average Bonchev–Trinajstić information content (AvgIpc) is 2.93. The summed E-state index contributed by atoms with van der Waals surface area (Å²) in [5.74, 6) is -0.0581. The van der Waals surface area contributed by atoms with Gasteiger partial charge in [-0.3, -0.25) is 0 Å². The normalized spacial score (nSPS) is 17.8. The Bertz CT molecular complexity index is 491. The van der Waals surface area contributed by atoms with E-state index in [0.717, 1.165) is 12.8 Å². The zero-order valence-corrected chi connectivity index (χ0v) is 11.7. The molecule has 0 aliphatic carbocycles. The highest BCUT2D eigenvalue weighted by Crippen LogP contribution is 2.29. The van der Waals surface area contributed by atoms with Crippen LogP contribution in [0.4, 0.5) is 19.3 Å². The highest BCUT2D eigenvalue weighted by molar-refractivity contribution is 5.91. The van der Waals surface area contributed by atoms with E-state index in [1.165, 1.54) is 6.07 Å². The lowest BCUT2D eigenvalue weighted by Gasteiger charge is -2.16. The molecule has 0 bridgehead atoms. The smallest absolute Gasteiger partial charge is 0.387 e. The summed E-state index contributed by atoms with van der Waals surface area (Å²) in [5.41, 5.74) is 0.878. The fourth-order valence-corrected chi connectivity index (χ4v) is 2.16. The van der Waals surface area contributed by atoms with Crippen LogP contribution in [0.3, 0.4) is 0 Å². The van der Waals surface area contributed by atoms with Gasteiger partial charge in [-0.05, 0) is 31.4 Å². The van der Waals surface area contributed by atoms with Crippen molar-refractivity contribution in [2.24, 2.45) is 0 Å². The van der Waals surface area contributed by atoms with Crippen LogP contribution < -0.4 is 15.4 Å². The van der Waals surface area contributed by atoms with Gasteiger partial charge in [0.25, 0.3) is 0 Å². The fourth-order valence-electron chi connectivity index (χ4n) is 2.16. The number of ether oxygens (including phenoxy) is 2. The number of carbonyl (C=O) groups excluding carboxylic acids is 1. The number of rotatable bonds is 5. The molecule has 5 nitrogen and oxygen atoms in total. The standard InChI is InChI=1S/C14H18F2N2O3/c1-9-4-2-6-11(21-13(15)16)12(9)18-14(19)17-8-10-5-3-7-20-10/h2,4,6,10,13H,3,5,7-8H2,1H3,(H2,17,18,19)/t10-/m1/s1. The van der Waals surface area contributed by atoms with Crippen molar-refractivity contribution in [1.29, 1.82) is 0 Å². The van der Waals surface area contributed by atoms with Gasteiger partial charge < -0.3 is 20.1 Å². The van der Waals surface area contributed by atoms with Crippen molar-refractivity contribution in [2.75, 3.05) is 18.5 Å². The molecule has 1 aromatic rings. The minimum Gasteiger partial charge on any atom is -0.433 e. The minimum absolute atomic E-state index is 0.0180. The van der Waals surface area contributed by atoms with Crippen molar-refractivity contribution in [3.63, 3.8) is 0 Å². The molecule has 1 aliphatic heterocycles. The van der Waals surface area contributed by atoms with E-state index in [4.69, 9.17) is 4.74 Å². The summed E-state index contributed by atoms with van der Waals surface area (Å²) in [6.45, 7) is -0.142. The summed E-state index contributed by atoms with van der Waals surface area (Å²) in [7, 11) is 0. The maximum absolute atomic E-state index is 12.4. The first kappa shape index (κ1) is 15.5. The molecule has 1 aromatic carbocycles. The van der Waals surface area contributed by atoms with Gasteiger partial charge in [0.1, 0.15) is 5.75 Å². The Morgan fingerprint density at radius 3 is 3.00 bits per heavy atom. The number of carbonyl (C=O) groups is 1. The molecule has 2 amide bonds. The lowest BCUT2D eigenvalue weighted by Crippen LogP contribution is -2.35. The molecule has 0 saturated carbocycles. The van der Waals surface area contributed by atoms with E-state index in [2.05, 4.69) is 15.4 Å². The van der Waals surface area contributed by atoms with Gasteiger partial charge in [-0.15, -0.1) is 0 Å². The highest BCUT2D eigenvalue weighted by Gasteiger charge is 2.17. The van der Waals surface area contributed by atoms with Crippen LogP contribution in [-0.4, -0.2) is 31.9 Å². The summed E-state index contributed by atoms with van der Waals surface area (Å²) in [5, 5.41) is 5.21. The Kier molecular flexibility index (Phi) is 5.32. The molecule has 0 aromatic heterocycles. The first-order valence-corrected chi connectivity index (χ1v) is 6.77. The largest absolute Gasteiger partial charge is 0.433 e. The minimum atomic E-state index is -2.94. The van der Waals surface area contributed by atoms with Crippen molar-refractivity contribution in [3.05, 3.63) is 23.8 Å². The Morgan fingerprint density at radius 2 is 2.33 bits per heavy atom. The number of benzene rings is 1. The summed E-state index contributed by atoms with van der Waals surface area (Å²) >= 11 is 0. The third kappa shape index (κ3) is 4.56. The van der Waals surface area contributed by atoms with Crippen molar-refractivity contribution in [1.82, 2.24) is 5.32 Å². The van der Waals surface area contributed by atoms with Crippen LogP contribution in [0.2, 0.25) is 0 Å². The van der Waals surface area contributed by atoms with Gasteiger partial charge in [0.05, 0.1) is 11.8 Å². The third-order valence-electron chi connectivity index (χ3n) is 3.20. The molecule has 21 heavy (non-hydrogen) atoms. The second-order valence-corrected chi connectivity index (χ2v) is 4.80. The molecule has 116 valence electrons. The number of para-hydroxylation sites is 1. The molecule has 2 rings (SSSR count). The van der Waals surface area contributed by atoms with Crippen molar-refractivity contribution in [3.8, 4) is 5.75 Å². The summed E-state index contributed by atoms with van der Waals surface area (Å²) in [6, 6.07) is 4.20. The molecule has 1 atom stereocenters. The number of aryl methyl sites for hydroxylation is 1. The molecule has 0 spiro atoms. The van der Waals surface area contributed by atoms with Gasteiger partial charge in [0.2, 0.25) is 0 Å². The summed E-state index contributed by atoms with van der Waals surface area (Å²) < 4.78 is 34.5. The molecule has 0 radical (unpaired) electrons. The zero-order chi connectivity index (χ0) is 15.2. The molecular formula is C14H18F2N2O3. The number of alkyl halides is 2. The molecule has 2 N–H and O–H groups in total. The SMILES string of the molecule is Cc1cccc(OC(F)F)c1NC(=O)NC[C@H]1CCCO1. The topological polar surface area (TPSA) is 59.6 Å². The fraction of sp³-hybridized carbons (Fsp3) is 0.500. The van der Waals surface area contributed by atoms with E-state index in [0.29, 0.717) is 18.7 Å². The number of halogens is 2. The van der Waals surface area contributed by atoms with E-state index in [9.17, 15) is 13.6 Å². The molecule has 1 aliphatic rings. The van der Waals surface area contributed by atoms with Crippen LogP contribution in [0.1, 0.15) is 18.4 Å². The summed E-state index contributed by atoms with van der Waals surface area (Å²) in [6.07, 6.45) is 1.91. The van der Waals surface area contributed by atoms with Gasteiger partial charge in [-0.25, -0.2) is 4.79 Å². The van der Waals surface area contributed by atoms with E-state index >= 15 is 0 Å². The number of amides is 2. The van der Waals surface area contributed by atoms with E-state index in [1.807, 2.05) is 0 Å². The number of urea groups is 1. The molecule has 1 heterocycles. The number of hydrogen-bond acceptors (Lipinski definition) is 3. The molecule has 0 unspecified atom stereocenters. The first-order chi connectivity index (χ1) is 10.1. The van der Waals surface area contributed by atoms with E-state index in [1.54, 1.807) is 19.1 Å². The lowest BCUT2D eigenvalue weighted by molar-refractivity contribution is -0.0493. The van der Waals surface area contributed by atoms with Crippen LogP contribution in [0.25, 0.3) is 0 Å². The van der Waals surface area contributed by atoms with Crippen LogP contribution >= 0.6 is 0 Å². The second-order valence-electron chi connectivity index (χ2n) is 4.80. The number of anilines is 1. The zero-order valence-electron chi connectivity index (χ0n) is 11.7. The number of nitrogens with one attached hydrogen (secondary N) is 2. The Labute approximate surface area is 121 Å². The van der Waals surface area contributed by atoms with Crippen LogP contribution in [0.15, 0.2) is 18.2 Å². The third-order valence-corrected chi connectivity index (χ3v) is 3.20. The van der Waals surface area contributed by atoms with E-state index < -0.39 is 12.6 Å². The quantitative estimate of drug-likeness (QED) is 0.879. The van der Waals surface area contributed by atoms with Gasteiger partial charge in [-0.1, -0.05) is 12.1 Å². The molecule has 1 fully saturated rings. The predicted octanol–water partition coefficient (Wildman–Crippen LogP) is 2.90. The Morgan fingerprint density at radius 1 is 1.52 bits per heavy atom. The monoisotopic (exact) mass is 300 g/mol. The maximum atomic E-state index is 12.4. The predicted molar refractivity (Wildman–Crippen MR) is 73.8 cm³/mol. The van der Waals surface area contributed by atoms with Gasteiger partial charge in [-0.2, -0.15) is 8.78 Å². The maximum Gasteiger partial charge on any atom is 0.387 e. The Balaban J connectivity index is 1.95. The average molecular weight is 300 g/mol.